The summed E-state index contributed by atoms with van der Waals surface area (Å²) >= 11 is 0. The molecule has 1 amide bonds. The lowest BCUT2D eigenvalue weighted by Gasteiger charge is -2.08. The molecule has 0 spiro atoms. The van der Waals surface area contributed by atoms with Crippen LogP contribution in [0.5, 0.6) is 5.75 Å². The summed E-state index contributed by atoms with van der Waals surface area (Å²) < 4.78 is 23.2. The van der Waals surface area contributed by atoms with Crippen molar-refractivity contribution in [2.75, 3.05) is 18.5 Å². The number of hydrogen-bond acceptors (Lipinski definition) is 3. The summed E-state index contributed by atoms with van der Waals surface area (Å²) in [6.45, 7) is 0.358. The van der Waals surface area contributed by atoms with Gasteiger partial charge >= 0.3 is 6.09 Å². The van der Waals surface area contributed by atoms with Crippen molar-refractivity contribution in [1.29, 1.82) is 0 Å². The quantitative estimate of drug-likeness (QED) is 0.850. The number of hydrogen-bond donors (Lipinski definition) is 1. The van der Waals surface area contributed by atoms with Crippen LogP contribution < -0.4 is 10.1 Å². The first-order chi connectivity index (χ1) is 9.74. The molecule has 0 aliphatic heterocycles. The van der Waals surface area contributed by atoms with Crippen LogP contribution in [0.25, 0.3) is 0 Å². The molecule has 104 valence electrons. The average molecular weight is 275 g/mol. The van der Waals surface area contributed by atoms with Gasteiger partial charge in [-0.15, -0.1) is 0 Å². The van der Waals surface area contributed by atoms with Crippen LogP contribution in [0, 0.1) is 5.82 Å². The van der Waals surface area contributed by atoms with Crippen molar-refractivity contribution in [1.82, 2.24) is 0 Å². The number of rotatable bonds is 5. The van der Waals surface area contributed by atoms with Crippen molar-refractivity contribution < 1.29 is 18.7 Å². The predicted molar refractivity (Wildman–Crippen MR) is 73.3 cm³/mol. The van der Waals surface area contributed by atoms with E-state index < -0.39 is 11.9 Å². The maximum Gasteiger partial charge on any atom is 0.411 e. The second-order valence-corrected chi connectivity index (χ2v) is 3.93. The van der Waals surface area contributed by atoms with Crippen LogP contribution in [0.1, 0.15) is 0 Å². The summed E-state index contributed by atoms with van der Waals surface area (Å²) in [4.78, 5) is 11.4. The van der Waals surface area contributed by atoms with Gasteiger partial charge in [0.05, 0.1) is 0 Å². The molecule has 0 saturated heterocycles. The molecule has 0 aliphatic rings. The van der Waals surface area contributed by atoms with Crippen LogP contribution in [0.15, 0.2) is 54.6 Å². The molecule has 0 fully saturated rings. The molecule has 2 rings (SSSR count). The zero-order valence-corrected chi connectivity index (χ0v) is 10.7. The third kappa shape index (κ3) is 4.61. The molecule has 0 heterocycles. The number of carbonyl (C=O) groups excluding carboxylic acids is 1. The van der Waals surface area contributed by atoms with Gasteiger partial charge in [-0.25, -0.2) is 9.18 Å². The van der Waals surface area contributed by atoms with Gasteiger partial charge in [-0.3, -0.25) is 5.32 Å². The third-order valence-electron chi connectivity index (χ3n) is 2.40. The summed E-state index contributed by atoms with van der Waals surface area (Å²) in [7, 11) is 0. The first kappa shape index (κ1) is 13.9. The highest BCUT2D eigenvalue weighted by Gasteiger charge is 2.03. The summed E-state index contributed by atoms with van der Waals surface area (Å²) in [5, 5.41) is 2.42. The van der Waals surface area contributed by atoms with Gasteiger partial charge in [0, 0.05) is 5.69 Å². The second kappa shape index (κ2) is 7.13. The first-order valence-electron chi connectivity index (χ1n) is 6.11. The van der Waals surface area contributed by atoms with E-state index in [2.05, 4.69) is 5.32 Å². The van der Waals surface area contributed by atoms with Gasteiger partial charge in [0.15, 0.2) is 0 Å². The van der Waals surface area contributed by atoms with E-state index in [0.29, 0.717) is 11.4 Å². The van der Waals surface area contributed by atoms with Gasteiger partial charge in [0.2, 0.25) is 0 Å². The Morgan fingerprint density at radius 1 is 1.05 bits per heavy atom. The van der Waals surface area contributed by atoms with Gasteiger partial charge in [-0.2, -0.15) is 0 Å². The molecule has 2 aromatic rings. The minimum absolute atomic E-state index is 0.107. The van der Waals surface area contributed by atoms with E-state index in [1.807, 2.05) is 30.3 Å². The van der Waals surface area contributed by atoms with Crippen molar-refractivity contribution in [2.24, 2.45) is 0 Å². The Balaban J connectivity index is 1.68. The Morgan fingerprint density at radius 2 is 1.85 bits per heavy atom. The highest BCUT2D eigenvalue weighted by atomic mass is 19.1. The highest BCUT2D eigenvalue weighted by molar-refractivity contribution is 5.84. The van der Waals surface area contributed by atoms with E-state index in [9.17, 15) is 9.18 Å². The van der Waals surface area contributed by atoms with Crippen LogP contribution in [0.2, 0.25) is 0 Å². The van der Waals surface area contributed by atoms with E-state index in [0.717, 1.165) is 0 Å². The SMILES string of the molecule is O=C(Nc1cccc(F)c1)OCCOc1ccccc1. The number of amides is 1. The molecular formula is C15H14FNO3. The number of nitrogens with one attached hydrogen (secondary N) is 1. The zero-order chi connectivity index (χ0) is 14.2. The van der Waals surface area contributed by atoms with Gasteiger partial charge in [-0.1, -0.05) is 24.3 Å². The Morgan fingerprint density at radius 3 is 2.60 bits per heavy atom. The van der Waals surface area contributed by atoms with Crippen molar-refractivity contribution in [3.05, 3.63) is 60.4 Å². The summed E-state index contributed by atoms with van der Waals surface area (Å²) in [5.74, 6) is 0.289. The largest absolute Gasteiger partial charge is 0.490 e. The number of para-hydroxylation sites is 1. The predicted octanol–water partition coefficient (Wildman–Crippen LogP) is 3.45. The summed E-state index contributed by atoms with van der Waals surface area (Å²) in [6, 6.07) is 14.8. The van der Waals surface area contributed by atoms with Gasteiger partial charge < -0.3 is 9.47 Å². The topological polar surface area (TPSA) is 47.6 Å². The maximum absolute atomic E-state index is 12.9. The monoisotopic (exact) mass is 275 g/mol. The molecule has 0 unspecified atom stereocenters. The minimum atomic E-state index is -0.646. The Hall–Kier alpha value is -2.56. The molecule has 0 aromatic heterocycles. The van der Waals surface area contributed by atoms with Crippen molar-refractivity contribution in [2.45, 2.75) is 0 Å². The lowest BCUT2D eigenvalue weighted by molar-refractivity contribution is 0.138. The van der Waals surface area contributed by atoms with Crippen molar-refractivity contribution in [3.8, 4) is 5.75 Å². The molecule has 0 radical (unpaired) electrons. The fourth-order valence-corrected chi connectivity index (χ4v) is 1.53. The normalized spacial score (nSPS) is 9.85. The summed E-state index contributed by atoms with van der Waals surface area (Å²) in [6.07, 6.45) is -0.646. The van der Waals surface area contributed by atoms with Crippen LogP contribution in [0.3, 0.4) is 0 Å². The molecule has 0 bridgehead atoms. The number of carbonyl (C=O) groups is 1. The molecule has 5 heteroatoms. The Labute approximate surface area is 116 Å². The molecule has 20 heavy (non-hydrogen) atoms. The number of anilines is 1. The van der Waals surface area contributed by atoms with Crippen molar-refractivity contribution >= 4 is 11.8 Å². The maximum atomic E-state index is 12.9. The third-order valence-corrected chi connectivity index (χ3v) is 2.40. The Kier molecular flexibility index (Phi) is 4.94. The standard InChI is InChI=1S/C15H14FNO3/c16-12-5-4-6-13(11-12)17-15(18)20-10-9-19-14-7-2-1-3-8-14/h1-8,11H,9-10H2,(H,17,18). The molecule has 0 atom stereocenters. The van der Waals surface area contributed by atoms with E-state index in [1.54, 1.807) is 6.07 Å². The summed E-state index contributed by atoms with van der Waals surface area (Å²) in [5.41, 5.74) is 0.346. The lowest BCUT2D eigenvalue weighted by Crippen LogP contribution is -2.17. The minimum Gasteiger partial charge on any atom is -0.490 e. The number of benzene rings is 2. The van der Waals surface area contributed by atoms with E-state index in [1.165, 1.54) is 18.2 Å². The smallest absolute Gasteiger partial charge is 0.411 e. The molecular weight excluding hydrogens is 261 g/mol. The van der Waals surface area contributed by atoms with Gasteiger partial charge in [0.25, 0.3) is 0 Å². The molecule has 4 nitrogen and oxygen atoms in total. The molecule has 1 N–H and O–H groups in total. The average Bonchev–Trinajstić information content (AvgIpc) is 2.45. The van der Waals surface area contributed by atoms with E-state index >= 15 is 0 Å². The number of ether oxygens (including phenoxy) is 2. The fourth-order valence-electron chi connectivity index (χ4n) is 1.53. The zero-order valence-electron chi connectivity index (χ0n) is 10.7. The first-order valence-corrected chi connectivity index (χ1v) is 6.11. The van der Waals surface area contributed by atoms with Crippen molar-refractivity contribution in [3.63, 3.8) is 0 Å². The van der Waals surface area contributed by atoms with E-state index in [4.69, 9.17) is 9.47 Å². The van der Waals surface area contributed by atoms with Crippen LogP contribution in [-0.4, -0.2) is 19.3 Å². The van der Waals surface area contributed by atoms with Gasteiger partial charge in [-0.05, 0) is 30.3 Å². The van der Waals surface area contributed by atoms with Crippen LogP contribution >= 0.6 is 0 Å². The Bertz CT molecular complexity index is 560. The lowest BCUT2D eigenvalue weighted by atomic mass is 10.3. The van der Waals surface area contributed by atoms with Gasteiger partial charge in [0.1, 0.15) is 24.8 Å². The molecule has 0 aliphatic carbocycles. The fraction of sp³-hybridized carbons (Fsp3) is 0.133. The van der Waals surface area contributed by atoms with Crippen LogP contribution in [-0.2, 0) is 4.74 Å². The molecule has 0 saturated carbocycles. The number of halogens is 1. The molecule has 2 aromatic carbocycles. The van der Waals surface area contributed by atoms with E-state index in [-0.39, 0.29) is 13.2 Å². The highest BCUT2D eigenvalue weighted by Crippen LogP contribution is 2.10. The van der Waals surface area contributed by atoms with Crippen LogP contribution in [0.4, 0.5) is 14.9 Å². The second-order valence-electron chi connectivity index (χ2n) is 3.93.